The van der Waals surface area contributed by atoms with Crippen LogP contribution in [0.2, 0.25) is 0 Å². The standard InChI is InChI=1S/C32H41N7O/c1-6-25(2)20-30-31(33-3)37(5)18-19-39(32(30)40)29-15-11-14-27(21-29)22-38-24-28(34-35-38)23-36(4)17-16-26-12-9-7-8-10-13-26/h7-9,11-15,20-21,24H,3,6,10,16-19,22-23H2,1-2,4-5H3/b25-20-. The van der Waals surface area contributed by atoms with Gasteiger partial charge >= 0.3 is 0 Å². The molecule has 2 heterocycles. The normalized spacial score (nSPS) is 16.5. The van der Waals surface area contributed by atoms with Gasteiger partial charge in [0.2, 0.25) is 0 Å². The summed E-state index contributed by atoms with van der Waals surface area (Å²) in [6.45, 7) is 11.3. The van der Waals surface area contributed by atoms with Gasteiger partial charge in [0.15, 0.2) is 0 Å². The molecule has 1 aliphatic carbocycles. The van der Waals surface area contributed by atoms with Gasteiger partial charge in [-0.25, -0.2) is 9.67 Å². The van der Waals surface area contributed by atoms with Crippen LogP contribution >= 0.6 is 0 Å². The Kier molecular flexibility index (Phi) is 10.0. The number of hydrogen-bond donors (Lipinski definition) is 0. The van der Waals surface area contributed by atoms with Crippen molar-refractivity contribution in [3.8, 4) is 0 Å². The molecule has 8 nitrogen and oxygen atoms in total. The molecule has 0 unspecified atom stereocenters. The second-order valence-electron chi connectivity index (χ2n) is 10.5. The van der Waals surface area contributed by atoms with Crippen LogP contribution in [0.3, 0.4) is 0 Å². The molecular formula is C32H41N7O. The molecule has 0 N–H and O–H groups in total. The lowest BCUT2D eigenvalue weighted by molar-refractivity contribution is -0.114. The zero-order valence-corrected chi connectivity index (χ0v) is 24.3. The average molecular weight is 540 g/mol. The van der Waals surface area contributed by atoms with E-state index < -0.39 is 0 Å². The third-order valence-corrected chi connectivity index (χ3v) is 7.28. The Morgan fingerprint density at radius 2 is 2.10 bits per heavy atom. The van der Waals surface area contributed by atoms with Crippen molar-refractivity contribution in [1.82, 2.24) is 24.8 Å². The largest absolute Gasteiger partial charge is 0.357 e. The molecule has 0 atom stereocenters. The number of hydrogen-bond acceptors (Lipinski definition) is 6. The van der Waals surface area contributed by atoms with E-state index in [1.165, 1.54) is 5.57 Å². The minimum Gasteiger partial charge on any atom is -0.357 e. The van der Waals surface area contributed by atoms with Gasteiger partial charge in [-0.1, -0.05) is 65.8 Å². The number of aromatic nitrogens is 3. The average Bonchev–Trinajstić information content (AvgIpc) is 3.15. The molecule has 2 aromatic rings. The maximum absolute atomic E-state index is 13.7. The Morgan fingerprint density at radius 3 is 2.90 bits per heavy atom. The summed E-state index contributed by atoms with van der Waals surface area (Å²) in [6, 6.07) is 8.10. The number of nitrogens with zero attached hydrogens (tertiary/aromatic N) is 7. The smallest absolute Gasteiger partial charge is 0.262 e. The first kappa shape index (κ1) is 29.0. The minimum atomic E-state index is -0.0610. The van der Waals surface area contributed by atoms with Crippen LogP contribution in [-0.4, -0.2) is 71.1 Å². The van der Waals surface area contributed by atoms with E-state index >= 15 is 0 Å². The van der Waals surface area contributed by atoms with E-state index in [1.807, 2.05) is 52.9 Å². The molecule has 2 aliphatic rings. The van der Waals surface area contributed by atoms with Gasteiger partial charge in [-0.3, -0.25) is 4.79 Å². The highest BCUT2D eigenvalue weighted by Crippen LogP contribution is 2.26. The fraction of sp³-hybridized carbons (Fsp3) is 0.375. The Hall–Kier alpha value is -4.04. The summed E-state index contributed by atoms with van der Waals surface area (Å²) < 4.78 is 1.86. The van der Waals surface area contributed by atoms with Crippen molar-refractivity contribution in [2.45, 2.75) is 46.2 Å². The summed E-state index contributed by atoms with van der Waals surface area (Å²) in [5.41, 5.74) is 5.92. The third kappa shape index (κ3) is 7.54. The van der Waals surface area contributed by atoms with Crippen molar-refractivity contribution < 1.29 is 4.79 Å². The number of aliphatic imine (C=N–C) groups is 1. The number of benzene rings is 1. The van der Waals surface area contributed by atoms with Gasteiger partial charge in [-0.2, -0.15) is 0 Å². The Morgan fingerprint density at radius 1 is 1.25 bits per heavy atom. The monoisotopic (exact) mass is 539 g/mol. The van der Waals surface area contributed by atoms with Crippen LogP contribution in [0.25, 0.3) is 0 Å². The molecule has 8 heteroatoms. The van der Waals surface area contributed by atoms with Crippen LogP contribution in [-0.2, 0) is 17.9 Å². The maximum Gasteiger partial charge on any atom is 0.262 e. The van der Waals surface area contributed by atoms with Gasteiger partial charge in [0.25, 0.3) is 5.91 Å². The molecule has 0 spiro atoms. The van der Waals surface area contributed by atoms with Crippen molar-refractivity contribution in [3.05, 3.63) is 101 Å². The van der Waals surface area contributed by atoms with Gasteiger partial charge in [0.1, 0.15) is 5.82 Å². The summed E-state index contributed by atoms with van der Waals surface area (Å²) in [5.74, 6) is 0.560. The molecule has 1 aromatic heterocycles. The summed E-state index contributed by atoms with van der Waals surface area (Å²) in [5, 5.41) is 8.78. The number of allylic oxidation sites excluding steroid dienone is 6. The molecule has 40 heavy (non-hydrogen) atoms. The van der Waals surface area contributed by atoms with Crippen molar-refractivity contribution in [3.63, 3.8) is 0 Å². The Labute approximate surface area is 238 Å². The Bertz CT molecular complexity index is 1360. The van der Waals surface area contributed by atoms with E-state index in [0.29, 0.717) is 31.0 Å². The van der Waals surface area contributed by atoms with Crippen molar-refractivity contribution in [2.75, 3.05) is 38.6 Å². The number of rotatable bonds is 11. The van der Waals surface area contributed by atoms with Crippen LogP contribution < -0.4 is 4.90 Å². The zero-order chi connectivity index (χ0) is 28.5. The highest BCUT2D eigenvalue weighted by molar-refractivity contribution is 6.08. The highest BCUT2D eigenvalue weighted by Gasteiger charge is 2.27. The van der Waals surface area contributed by atoms with Crippen molar-refractivity contribution >= 4 is 18.3 Å². The summed E-state index contributed by atoms with van der Waals surface area (Å²) in [4.78, 5) is 24.0. The van der Waals surface area contributed by atoms with E-state index in [2.05, 4.69) is 83.4 Å². The quantitative estimate of drug-likeness (QED) is 0.370. The molecule has 0 saturated carbocycles. The summed E-state index contributed by atoms with van der Waals surface area (Å²) in [6.07, 6.45) is 17.7. The van der Waals surface area contributed by atoms with Gasteiger partial charge in [0.05, 0.1) is 24.0 Å². The molecule has 1 aliphatic heterocycles. The first-order valence-electron chi connectivity index (χ1n) is 14.0. The minimum absolute atomic E-state index is 0.0610. The second-order valence-corrected chi connectivity index (χ2v) is 10.5. The van der Waals surface area contributed by atoms with Crippen LogP contribution in [0.5, 0.6) is 0 Å². The lowest BCUT2D eigenvalue weighted by Crippen LogP contribution is -2.34. The lowest BCUT2D eigenvalue weighted by Gasteiger charge is -2.22. The lowest BCUT2D eigenvalue weighted by atomic mass is 10.1. The van der Waals surface area contributed by atoms with Crippen molar-refractivity contribution in [2.24, 2.45) is 4.99 Å². The zero-order valence-electron chi connectivity index (χ0n) is 24.3. The van der Waals surface area contributed by atoms with Crippen molar-refractivity contribution in [1.29, 1.82) is 0 Å². The molecule has 4 rings (SSSR count). The predicted molar refractivity (Wildman–Crippen MR) is 163 cm³/mol. The molecule has 1 amide bonds. The first-order valence-corrected chi connectivity index (χ1v) is 14.0. The van der Waals surface area contributed by atoms with E-state index in [0.717, 1.165) is 54.9 Å². The number of carbonyl (C=O) groups is 1. The van der Waals surface area contributed by atoms with Gasteiger partial charge < -0.3 is 14.7 Å². The summed E-state index contributed by atoms with van der Waals surface area (Å²) in [7, 11) is 4.07. The molecule has 0 bridgehead atoms. The van der Waals surface area contributed by atoms with Gasteiger partial charge in [0, 0.05) is 38.9 Å². The predicted octanol–water partition coefficient (Wildman–Crippen LogP) is 5.14. The molecule has 1 aromatic carbocycles. The third-order valence-electron chi connectivity index (χ3n) is 7.28. The van der Waals surface area contributed by atoms with Crippen LogP contribution in [0.4, 0.5) is 5.69 Å². The molecule has 0 radical (unpaired) electrons. The number of likely N-dealkylation sites (N-methyl/N-ethyl adjacent to an activating group) is 1. The summed E-state index contributed by atoms with van der Waals surface area (Å²) >= 11 is 0. The van der Waals surface area contributed by atoms with E-state index in [1.54, 1.807) is 0 Å². The van der Waals surface area contributed by atoms with E-state index in [9.17, 15) is 4.79 Å². The highest BCUT2D eigenvalue weighted by atomic mass is 16.2. The second kappa shape index (κ2) is 13.8. The van der Waals surface area contributed by atoms with E-state index in [4.69, 9.17) is 0 Å². The van der Waals surface area contributed by atoms with E-state index in [-0.39, 0.29) is 5.91 Å². The topological polar surface area (TPSA) is 69.9 Å². The molecule has 210 valence electrons. The van der Waals surface area contributed by atoms with Crippen LogP contribution in [0.1, 0.15) is 44.4 Å². The molecule has 0 saturated heterocycles. The fourth-order valence-electron chi connectivity index (χ4n) is 4.81. The van der Waals surface area contributed by atoms with Gasteiger partial charge in [-0.05, 0) is 63.7 Å². The first-order chi connectivity index (χ1) is 19.4. The van der Waals surface area contributed by atoms with Crippen LogP contribution in [0, 0.1) is 0 Å². The number of anilines is 1. The fourth-order valence-corrected chi connectivity index (χ4v) is 4.81. The molecular weight excluding hydrogens is 498 g/mol. The molecule has 0 fully saturated rings. The van der Waals surface area contributed by atoms with Gasteiger partial charge in [-0.15, -0.1) is 5.10 Å². The Balaban J connectivity index is 1.43. The number of amides is 1. The van der Waals surface area contributed by atoms with Crippen LogP contribution in [0.15, 0.2) is 94.5 Å². The number of carbonyl (C=O) groups excluding carboxylic acids is 1. The maximum atomic E-state index is 13.7. The SMILES string of the molecule is C=NC1=C(/C=C(/C)CC)C(=O)N(c2cccc(Cn3cc(CN(C)CCC4=CCC=CC=C4)nn3)c2)CCN1C.